The molecule has 180 valence electrons. The minimum Gasteiger partial charge on any atom is -0.394 e. The fourth-order valence-electron chi connectivity index (χ4n) is 3.23. The van der Waals surface area contributed by atoms with Crippen molar-refractivity contribution in [3.05, 3.63) is 40.4 Å². The highest BCUT2D eigenvalue weighted by molar-refractivity contribution is 7.99. The van der Waals surface area contributed by atoms with Crippen LogP contribution in [0, 0.1) is 17.1 Å². The Morgan fingerprint density at radius 2 is 2.03 bits per heavy atom. The lowest BCUT2D eigenvalue weighted by atomic mass is 10.0. The van der Waals surface area contributed by atoms with Gasteiger partial charge in [0.2, 0.25) is 4.80 Å². The number of aliphatic hydroxyl groups excluding tert-OH is 1. The van der Waals surface area contributed by atoms with E-state index in [4.69, 9.17) is 10.0 Å². The van der Waals surface area contributed by atoms with Gasteiger partial charge in [-0.05, 0) is 25.3 Å². The van der Waals surface area contributed by atoms with E-state index in [0.717, 1.165) is 22.7 Å². The van der Waals surface area contributed by atoms with Crippen molar-refractivity contribution in [2.45, 2.75) is 43.6 Å². The van der Waals surface area contributed by atoms with Gasteiger partial charge in [0.05, 0.1) is 19.3 Å². The van der Waals surface area contributed by atoms with Crippen LogP contribution in [0.3, 0.4) is 0 Å². The largest absolute Gasteiger partial charge is 0.394 e. The summed E-state index contributed by atoms with van der Waals surface area (Å²) in [6.45, 7) is 6.78. The first kappa shape index (κ1) is 25.6. The lowest BCUT2D eigenvalue weighted by Gasteiger charge is -2.20. The maximum Gasteiger partial charge on any atom is 0.392 e. The number of halogens is 1. The zero-order chi connectivity index (χ0) is 24.3. The first-order chi connectivity index (χ1) is 15.5. The van der Waals surface area contributed by atoms with Crippen molar-refractivity contribution in [1.82, 2.24) is 14.7 Å². The molecule has 0 aliphatic carbocycles. The highest BCUT2D eigenvalue weighted by atomic mass is 32.2. The van der Waals surface area contributed by atoms with Gasteiger partial charge in [-0.25, -0.2) is 13.9 Å². The third kappa shape index (κ3) is 6.54. The molecule has 2 heterocycles. The molecule has 2 unspecified atom stereocenters. The van der Waals surface area contributed by atoms with Crippen LogP contribution < -0.4 is 14.7 Å². The van der Waals surface area contributed by atoms with Gasteiger partial charge in [-0.1, -0.05) is 55.1 Å². The number of benzene rings is 1. The molecule has 0 saturated carbocycles. The highest BCUT2D eigenvalue weighted by Crippen LogP contribution is 2.38. The number of aromatic nitrogens is 3. The summed E-state index contributed by atoms with van der Waals surface area (Å²) < 4.78 is 32.6. The Bertz CT molecular complexity index is 1230. The molecule has 4 N–H and O–H groups in total. The predicted molar refractivity (Wildman–Crippen MR) is 128 cm³/mol. The van der Waals surface area contributed by atoms with Gasteiger partial charge in [-0.3, -0.25) is 5.41 Å². The summed E-state index contributed by atoms with van der Waals surface area (Å²) in [5, 5.41) is 21.2. The number of thiazole rings is 1. The van der Waals surface area contributed by atoms with E-state index in [1.165, 1.54) is 17.8 Å². The zero-order valence-corrected chi connectivity index (χ0v) is 21.2. The summed E-state index contributed by atoms with van der Waals surface area (Å²) >= 11 is 2.18. The van der Waals surface area contributed by atoms with Crippen LogP contribution in [0.5, 0.6) is 0 Å². The van der Waals surface area contributed by atoms with E-state index in [2.05, 4.69) is 15.3 Å². The summed E-state index contributed by atoms with van der Waals surface area (Å²) in [6, 6.07) is 6.13. The van der Waals surface area contributed by atoms with Gasteiger partial charge in [0, 0.05) is 10.8 Å². The zero-order valence-electron chi connectivity index (χ0n) is 18.6. The number of hydrogen-bond acceptors (Lipinski definition) is 9. The molecule has 1 aromatic carbocycles. The van der Waals surface area contributed by atoms with Crippen molar-refractivity contribution < 1.29 is 23.6 Å². The highest BCUT2D eigenvalue weighted by Gasteiger charge is 2.23. The summed E-state index contributed by atoms with van der Waals surface area (Å²) in [7, 11) is -3.98. The molecule has 0 fully saturated rings. The maximum atomic E-state index is 14.3. The van der Waals surface area contributed by atoms with Crippen molar-refractivity contribution in [1.29, 1.82) is 5.41 Å². The molecule has 0 amide bonds. The van der Waals surface area contributed by atoms with Crippen LogP contribution in [0.15, 0.2) is 29.4 Å². The third-order valence-corrected chi connectivity index (χ3v) is 6.98. The SMILES string of the molecule is CC(C)C[C@H](CO)Nc1nc(SC(C)c2ccccc2F)nc2c1sc(=N)n2OP(C)(=O)O. The molecule has 3 atom stereocenters. The Hall–Kier alpha value is -1.98. The molecule has 0 saturated heterocycles. The van der Waals surface area contributed by atoms with E-state index in [1.807, 2.05) is 20.8 Å². The summed E-state index contributed by atoms with van der Waals surface area (Å²) in [6.07, 6.45) is 0.673. The van der Waals surface area contributed by atoms with E-state index in [1.54, 1.807) is 18.2 Å². The monoisotopic (exact) mass is 515 g/mol. The van der Waals surface area contributed by atoms with E-state index >= 15 is 0 Å². The summed E-state index contributed by atoms with van der Waals surface area (Å²) in [5.41, 5.74) is 0.626. The van der Waals surface area contributed by atoms with Crippen molar-refractivity contribution in [3.8, 4) is 0 Å². The standard InChI is InChI=1S/C20H27FN5O4PS2/c1-11(2)9-13(10-27)23-17-16-18(26(19(22)33-16)30-31(4,28)29)25-20(24-17)32-12(3)14-7-5-6-8-15(14)21/h5-8,11-13,22,27H,9-10H2,1-4H3,(H,28,29)(H,23,24,25)/t12?,13-/m1/s1. The fraction of sp³-hybridized carbons (Fsp3) is 0.450. The Balaban J connectivity index is 2.09. The van der Waals surface area contributed by atoms with Crippen LogP contribution in [-0.4, -0.2) is 44.0 Å². The van der Waals surface area contributed by atoms with Crippen LogP contribution in [-0.2, 0) is 4.57 Å². The Kier molecular flexibility index (Phi) is 8.17. The predicted octanol–water partition coefficient (Wildman–Crippen LogP) is 4.03. The second-order valence-corrected chi connectivity index (χ2v) is 12.1. The number of hydrogen-bond donors (Lipinski definition) is 4. The van der Waals surface area contributed by atoms with Gasteiger partial charge < -0.3 is 19.9 Å². The average Bonchev–Trinajstić information content (AvgIpc) is 3.01. The molecule has 3 aromatic rings. The van der Waals surface area contributed by atoms with E-state index < -0.39 is 7.60 Å². The van der Waals surface area contributed by atoms with Gasteiger partial charge in [0.25, 0.3) is 0 Å². The van der Waals surface area contributed by atoms with Crippen LogP contribution in [0.4, 0.5) is 10.2 Å². The maximum absolute atomic E-state index is 14.3. The number of nitrogens with zero attached hydrogens (tertiary/aromatic N) is 3. The smallest absolute Gasteiger partial charge is 0.392 e. The average molecular weight is 516 g/mol. The van der Waals surface area contributed by atoms with Crippen molar-refractivity contribution in [2.24, 2.45) is 5.92 Å². The second-order valence-electron chi connectivity index (χ2n) is 8.03. The number of fused-ring (bicyclic) bond motifs is 1. The Morgan fingerprint density at radius 3 is 2.64 bits per heavy atom. The van der Waals surface area contributed by atoms with Crippen LogP contribution in [0.25, 0.3) is 10.3 Å². The van der Waals surface area contributed by atoms with Crippen LogP contribution in [0.1, 0.15) is 38.0 Å². The Labute approximate surface area is 199 Å². The number of aliphatic hydroxyl groups is 1. The van der Waals surface area contributed by atoms with E-state index in [-0.39, 0.29) is 39.3 Å². The quantitative estimate of drug-likeness (QED) is 0.181. The Morgan fingerprint density at radius 1 is 1.33 bits per heavy atom. The first-order valence-corrected chi connectivity index (χ1v) is 14.0. The molecule has 3 rings (SSSR count). The first-order valence-electron chi connectivity index (χ1n) is 10.3. The van der Waals surface area contributed by atoms with Gasteiger partial charge in [-0.2, -0.15) is 4.98 Å². The topological polar surface area (TPSA) is 133 Å². The number of anilines is 1. The lowest BCUT2D eigenvalue weighted by molar-refractivity contribution is 0.235. The van der Waals surface area contributed by atoms with Crippen molar-refractivity contribution in [2.75, 3.05) is 18.6 Å². The lowest BCUT2D eigenvalue weighted by Crippen LogP contribution is -2.26. The fourth-order valence-corrected chi connectivity index (χ4v) is 5.49. The molecule has 0 aliphatic rings. The van der Waals surface area contributed by atoms with Gasteiger partial charge in [-0.15, -0.1) is 4.73 Å². The van der Waals surface area contributed by atoms with E-state index in [0.29, 0.717) is 28.4 Å². The summed E-state index contributed by atoms with van der Waals surface area (Å²) in [5.74, 6) is 0.335. The molecule has 9 nitrogen and oxygen atoms in total. The molecule has 33 heavy (non-hydrogen) atoms. The van der Waals surface area contributed by atoms with Gasteiger partial charge in [0.15, 0.2) is 16.6 Å². The normalized spacial score (nSPS) is 15.4. The van der Waals surface area contributed by atoms with Crippen LogP contribution in [0.2, 0.25) is 0 Å². The second kappa shape index (κ2) is 10.5. The van der Waals surface area contributed by atoms with Crippen LogP contribution >= 0.6 is 30.7 Å². The summed E-state index contributed by atoms with van der Waals surface area (Å²) in [4.78, 5) is 18.6. The molecule has 0 bridgehead atoms. The molecular weight excluding hydrogens is 488 g/mol. The van der Waals surface area contributed by atoms with Crippen molar-refractivity contribution >= 4 is 46.9 Å². The molecule has 0 spiro atoms. The number of rotatable bonds is 10. The van der Waals surface area contributed by atoms with Gasteiger partial charge in [0.1, 0.15) is 10.5 Å². The molecule has 2 aromatic heterocycles. The number of thioether (sulfide) groups is 1. The minimum atomic E-state index is -3.98. The number of nitrogens with one attached hydrogen (secondary N) is 2. The molecule has 0 aliphatic heterocycles. The van der Waals surface area contributed by atoms with Crippen molar-refractivity contribution in [3.63, 3.8) is 0 Å². The molecule has 13 heteroatoms. The van der Waals surface area contributed by atoms with Gasteiger partial charge >= 0.3 is 7.60 Å². The molecule has 0 radical (unpaired) electrons. The minimum absolute atomic E-state index is 0.131. The van der Waals surface area contributed by atoms with E-state index in [9.17, 15) is 19.0 Å². The third-order valence-electron chi connectivity index (χ3n) is 4.58. The molecular formula is C20H27FN5O4PS2.